The first-order chi connectivity index (χ1) is 9.53. The molecule has 1 aliphatic heterocycles. The van der Waals surface area contributed by atoms with Crippen LogP contribution < -0.4 is 10.0 Å². The maximum Gasteiger partial charge on any atom is 0.242 e. The molecule has 2 rings (SSSR count). The molecular formula is C13H16ClN3O2S. The number of nitrogens with one attached hydrogen (secondary N) is 2. The van der Waals surface area contributed by atoms with Gasteiger partial charge in [-0.15, -0.1) is 0 Å². The summed E-state index contributed by atoms with van der Waals surface area (Å²) in [6.45, 7) is 1.37. The average molecular weight is 314 g/mol. The molecule has 1 aromatic rings. The van der Waals surface area contributed by atoms with Gasteiger partial charge in [-0.3, -0.25) is 0 Å². The van der Waals surface area contributed by atoms with Gasteiger partial charge in [0, 0.05) is 12.6 Å². The molecule has 1 aliphatic rings. The van der Waals surface area contributed by atoms with Crippen LogP contribution in [0.15, 0.2) is 23.1 Å². The van der Waals surface area contributed by atoms with E-state index in [2.05, 4.69) is 10.0 Å². The molecule has 0 unspecified atom stereocenters. The SMILES string of the molecule is N#Cc1ccc(S(=O)(=O)NCC[C@@H]2CCCN2)c(Cl)c1. The highest BCUT2D eigenvalue weighted by Crippen LogP contribution is 2.22. The van der Waals surface area contributed by atoms with Crippen LogP contribution in [-0.4, -0.2) is 27.5 Å². The van der Waals surface area contributed by atoms with Gasteiger partial charge in [-0.2, -0.15) is 5.26 Å². The first kappa shape index (κ1) is 15.3. The summed E-state index contributed by atoms with van der Waals surface area (Å²) in [7, 11) is -3.63. The van der Waals surface area contributed by atoms with Crippen LogP contribution in [0, 0.1) is 11.3 Å². The predicted octanol–water partition coefficient (Wildman–Crippen LogP) is 1.63. The molecule has 5 nitrogen and oxygen atoms in total. The van der Waals surface area contributed by atoms with E-state index in [4.69, 9.17) is 16.9 Å². The molecule has 7 heteroatoms. The molecule has 2 N–H and O–H groups in total. The zero-order chi connectivity index (χ0) is 14.6. The summed E-state index contributed by atoms with van der Waals surface area (Å²) in [6, 6.07) is 6.46. The minimum Gasteiger partial charge on any atom is -0.314 e. The molecule has 0 aliphatic carbocycles. The van der Waals surface area contributed by atoms with Crippen LogP contribution in [0.5, 0.6) is 0 Å². The van der Waals surface area contributed by atoms with Crippen LogP contribution in [0.25, 0.3) is 0 Å². The highest BCUT2D eigenvalue weighted by Gasteiger charge is 2.19. The number of hydrogen-bond donors (Lipinski definition) is 2. The predicted molar refractivity (Wildman–Crippen MR) is 77.0 cm³/mol. The highest BCUT2D eigenvalue weighted by atomic mass is 35.5. The Morgan fingerprint density at radius 1 is 1.50 bits per heavy atom. The Labute approximate surface area is 124 Å². The molecule has 0 saturated carbocycles. The van der Waals surface area contributed by atoms with Crippen LogP contribution in [0.3, 0.4) is 0 Å². The molecule has 1 aromatic carbocycles. The van der Waals surface area contributed by atoms with Gasteiger partial charge in [-0.25, -0.2) is 13.1 Å². The Bertz CT molecular complexity index is 619. The summed E-state index contributed by atoms with van der Waals surface area (Å²) in [5, 5.41) is 12.1. The zero-order valence-corrected chi connectivity index (χ0v) is 12.5. The monoisotopic (exact) mass is 313 g/mol. The highest BCUT2D eigenvalue weighted by molar-refractivity contribution is 7.89. The molecule has 0 spiro atoms. The van der Waals surface area contributed by atoms with Crippen LogP contribution in [0.1, 0.15) is 24.8 Å². The van der Waals surface area contributed by atoms with Crippen molar-refractivity contribution in [3.8, 4) is 6.07 Å². The van der Waals surface area contributed by atoms with E-state index < -0.39 is 10.0 Å². The largest absolute Gasteiger partial charge is 0.314 e. The normalized spacial score (nSPS) is 18.9. The van der Waals surface area contributed by atoms with Crippen molar-refractivity contribution in [3.05, 3.63) is 28.8 Å². The second-order valence-corrected chi connectivity index (χ2v) is 6.88. The third-order valence-electron chi connectivity index (χ3n) is 3.30. The molecule has 0 amide bonds. The number of nitrogens with zero attached hydrogens (tertiary/aromatic N) is 1. The van der Waals surface area contributed by atoms with Gasteiger partial charge in [0.05, 0.1) is 16.7 Å². The maximum absolute atomic E-state index is 12.1. The molecule has 108 valence electrons. The lowest BCUT2D eigenvalue weighted by Gasteiger charge is -2.12. The van der Waals surface area contributed by atoms with Gasteiger partial charge in [0.25, 0.3) is 0 Å². The van der Waals surface area contributed by atoms with Crippen molar-refractivity contribution < 1.29 is 8.42 Å². The van der Waals surface area contributed by atoms with Crippen LogP contribution in [-0.2, 0) is 10.0 Å². The first-order valence-corrected chi connectivity index (χ1v) is 8.32. The molecule has 1 atom stereocenters. The van der Waals surface area contributed by atoms with Gasteiger partial charge in [0.1, 0.15) is 4.90 Å². The molecule has 20 heavy (non-hydrogen) atoms. The lowest BCUT2D eigenvalue weighted by molar-refractivity contribution is 0.539. The minimum atomic E-state index is -3.63. The Balaban J connectivity index is 2.00. The van der Waals surface area contributed by atoms with Gasteiger partial charge < -0.3 is 5.32 Å². The summed E-state index contributed by atoms with van der Waals surface area (Å²) in [4.78, 5) is 0.0116. The summed E-state index contributed by atoms with van der Waals surface area (Å²) >= 11 is 5.92. The van der Waals surface area contributed by atoms with Crippen LogP contribution >= 0.6 is 11.6 Å². The third kappa shape index (κ3) is 3.70. The van der Waals surface area contributed by atoms with Crippen LogP contribution in [0.2, 0.25) is 5.02 Å². The number of sulfonamides is 1. The summed E-state index contributed by atoms with van der Waals surface area (Å²) in [6.07, 6.45) is 2.98. The van der Waals surface area contributed by atoms with E-state index >= 15 is 0 Å². The topological polar surface area (TPSA) is 82.0 Å². The quantitative estimate of drug-likeness (QED) is 0.865. The summed E-state index contributed by atoms with van der Waals surface area (Å²) in [5.41, 5.74) is 0.337. The average Bonchev–Trinajstić information content (AvgIpc) is 2.91. The first-order valence-electron chi connectivity index (χ1n) is 6.45. The van der Waals surface area contributed by atoms with Crippen molar-refractivity contribution in [3.63, 3.8) is 0 Å². The van der Waals surface area contributed by atoms with Crippen molar-refractivity contribution in [2.24, 2.45) is 0 Å². The van der Waals surface area contributed by atoms with Crippen molar-refractivity contribution in [2.45, 2.75) is 30.2 Å². The molecule has 1 heterocycles. The molecule has 1 saturated heterocycles. The van der Waals surface area contributed by atoms with Gasteiger partial charge in [-0.05, 0) is 44.0 Å². The van der Waals surface area contributed by atoms with Crippen molar-refractivity contribution in [1.29, 1.82) is 5.26 Å². The number of hydrogen-bond acceptors (Lipinski definition) is 4. The number of rotatable bonds is 5. The van der Waals surface area contributed by atoms with Gasteiger partial charge in [-0.1, -0.05) is 11.6 Å². The molecule has 1 fully saturated rings. The van der Waals surface area contributed by atoms with Gasteiger partial charge in [0.15, 0.2) is 0 Å². The van der Waals surface area contributed by atoms with Crippen molar-refractivity contribution >= 4 is 21.6 Å². The van der Waals surface area contributed by atoms with E-state index in [0.717, 1.165) is 25.8 Å². The molecule has 0 bridgehead atoms. The van der Waals surface area contributed by atoms with E-state index in [0.29, 0.717) is 18.2 Å². The van der Waals surface area contributed by atoms with Gasteiger partial charge >= 0.3 is 0 Å². The Hall–Kier alpha value is -1.13. The van der Waals surface area contributed by atoms with E-state index in [1.807, 2.05) is 6.07 Å². The van der Waals surface area contributed by atoms with E-state index in [1.165, 1.54) is 18.2 Å². The van der Waals surface area contributed by atoms with Crippen molar-refractivity contribution in [1.82, 2.24) is 10.0 Å². The fraction of sp³-hybridized carbons (Fsp3) is 0.462. The fourth-order valence-corrected chi connectivity index (χ4v) is 3.83. The fourth-order valence-electron chi connectivity index (χ4n) is 2.24. The Kier molecular flexibility index (Phi) is 5.00. The Morgan fingerprint density at radius 2 is 2.30 bits per heavy atom. The van der Waals surface area contributed by atoms with Crippen molar-refractivity contribution in [2.75, 3.05) is 13.1 Å². The van der Waals surface area contributed by atoms with E-state index in [1.54, 1.807) is 0 Å². The lowest BCUT2D eigenvalue weighted by Crippen LogP contribution is -2.30. The van der Waals surface area contributed by atoms with E-state index in [-0.39, 0.29) is 9.92 Å². The van der Waals surface area contributed by atoms with E-state index in [9.17, 15) is 8.42 Å². The molecule has 0 radical (unpaired) electrons. The Morgan fingerprint density at radius 3 is 2.90 bits per heavy atom. The zero-order valence-electron chi connectivity index (χ0n) is 10.9. The van der Waals surface area contributed by atoms with Crippen LogP contribution in [0.4, 0.5) is 0 Å². The number of benzene rings is 1. The third-order valence-corrected chi connectivity index (χ3v) is 5.24. The molecular weight excluding hydrogens is 298 g/mol. The lowest BCUT2D eigenvalue weighted by atomic mass is 10.2. The summed E-state index contributed by atoms with van der Waals surface area (Å²) in [5.74, 6) is 0. The molecule has 0 aromatic heterocycles. The number of nitriles is 1. The number of halogens is 1. The minimum absolute atomic E-state index is 0.0116. The van der Waals surface area contributed by atoms with Gasteiger partial charge in [0.2, 0.25) is 10.0 Å². The summed E-state index contributed by atoms with van der Waals surface area (Å²) < 4.78 is 26.8. The smallest absolute Gasteiger partial charge is 0.242 e. The second kappa shape index (κ2) is 6.55. The second-order valence-electron chi connectivity index (χ2n) is 4.74. The maximum atomic E-state index is 12.1. The standard InChI is InChI=1S/C13H16ClN3O2S/c14-12-8-10(9-15)3-4-13(12)20(18,19)17-7-5-11-2-1-6-16-11/h3-4,8,11,16-17H,1-2,5-7H2/t11-/m0/s1.